The Labute approximate surface area is 122 Å². The summed E-state index contributed by atoms with van der Waals surface area (Å²) in [5.41, 5.74) is 1.07. The maximum Gasteiger partial charge on any atom is 0.147 e. The van der Waals surface area contributed by atoms with Gasteiger partial charge in [-0.25, -0.2) is 9.97 Å². The minimum Gasteiger partial charge on any atom is -0.229 e. The molecule has 0 atom stereocenters. The van der Waals surface area contributed by atoms with Crippen molar-refractivity contribution in [3.05, 3.63) is 50.8 Å². The smallest absolute Gasteiger partial charge is 0.147 e. The molecule has 0 aliphatic heterocycles. The molecule has 0 amide bonds. The molecule has 2 nitrogen and oxygen atoms in total. The lowest BCUT2D eigenvalue weighted by Crippen LogP contribution is -1.88. The largest absolute Gasteiger partial charge is 0.229 e. The fraction of sp³-hybridized carbons (Fsp3) is 0.0909. The Kier molecular flexibility index (Phi) is 4.68. The van der Waals surface area contributed by atoms with Gasteiger partial charge in [0, 0.05) is 10.8 Å². The SMILES string of the molecule is Clc1ccccc1CSc1ncnc(Cl)c1Br. The maximum atomic E-state index is 6.08. The molecule has 1 heterocycles. The van der Waals surface area contributed by atoms with Gasteiger partial charge < -0.3 is 0 Å². The van der Waals surface area contributed by atoms with Crippen molar-refractivity contribution >= 4 is 50.9 Å². The van der Waals surface area contributed by atoms with E-state index in [1.54, 1.807) is 11.8 Å². The van der Waals surface area contributed by atoms with Crippen LogP contribution in [-0.2, 0) is 5.75 Å². The van der Waals surface area contributed by atoms with Crippen LogP contribution in [0.5, 0.6) is 0 Å². The van der Waals surface area contributed by atoms with Crippen LogP contribution in [0.4, 0.5) is 0 Å². The van der Waals surface area contributed by atoms with Crippen molar-refractivity contribution in [1.29, 1.82) is 0 Å². The number of hydrogen-bond donors (Lipinski definition) is 0. The summed E-state index contributed by atoms with van der Waals surface area (Å²) in [4.78, 5) is 8.04. The highest BCUT2D eigenvalue weighted by Gasteiger charge is 2.08. The molecule has 0 bridgehead atoms. The van der Waals surface area contributed by atoms with Crippen molar-refractivity contribution in [3.63, 3.8) is 0 Å². The first-order valence-electron chi connectivity index (χ1n) is 4.70. The number of halogens is 3. The molecular weight excluding hydrogens is 343 g/mol. The minimum absolute atomic E-state index is 0.418. The van der Waals surface area contributed by atoms with Gasteiger partial charge in [0.2, 0.25) is 0 Å². The van der Waals surface area contributed by atoms with E-state index in [9.17, 15) is 0 Å². The zero-order valence-corrected chi connectivity index (χ0v) is 12.4. The molecule has 0 spiro atoms. The van der Waals surface area contributed by atoms with Crippen LogP contribution >= 0.6 is 50.9 Å². The van der Waals surface area contributed by atoms with E-state index in [4.69, 9.17) is 23.2 Å². The van der Waals surface area contributed by atoms with E-state index in [-0.39, 0.29) is 0 Å². The number of hydrogen-bond acceptors (Lipinski definition) is 3. The predicted molar refractivity (Wildman–Crippen MR) is 75.8 cm³/mol. The van der Waals surface area contributed by atoms with Crippen LogP contribution in [0.15, 0.2) is 40.1 Å². The van der Waals surface area contributed by atoms with Crippen LogP contribution in [0.25, 0.3) is 0 Å². The van der Waals surface area contributed by atoms with Gasteiger partial charge >= 0.3 is 0 Å². The highest BCUT2D eigenvalue weighted by atomic mass is 79.9. The van der Waals surface area contributed by atoms with Crippen molar-refractivity contribution in [2.45, 2.75) is 10.8 Å². The predicted octanol–water partition coefficient (Wildman–Crippen LogP) is 4.84. The van der Waals surface area contributed by atoms with Crippen LogP contribution < -0.4 is 0 Å². The van der Waals surface area contributed by atoms with E-state index in [2.05, 4.69) is 25.9 Å². The van der Waals surface area contributed by atoms with Gasteiger partial charge in [-0.2, -0.15) is 0 Å². The second kappa shape index (κ2) is 6.05. The molecule has 2 rings (SSSR count). The summed E-state index contributed by atoms with van der Waals surface area (Å²) in [6, 6.07) is 7.74. The fourth-order valence-electron chi connectivity index (χ4n) is 1.20. The molecule has 0 N–H and O–H groups in total. The van der Waals surface area contributed by atoms with Gasteiger partial charge in [-0.1, -0.05) is 41.4 Å². The summed E-state index contributed by atoms with van der Waals surface area (Å²) in [6.07, 6.45) is 1.45. The number of nitrogens with zero attached hydrogens (tertiary/aromatic N) is 2. The molecule has 0 saturated carbocycles. The molecular formula is C11H7BrCl2N2S. The second-order valence-electron chi connectivity index (χ2n) is 3.16. The van der Waals surface area contributed by atoms with Gasteiger partial charge in [-0.3, -0.25) is 0 Å². The summed E-state index contributed by atoms with van der Waals surface area (Å²) in [7, 11) is 0. The third kappa shape index (κ3) is 3.35. The topological polar surface area (TPSA) is 25.8 Å². The van der Waals surface area contributed by atoms with Crippen LogP contribution in [-0.4, -0.2) is 9.97 Å². The third-order valence-electron chi connectivity index (χ3n) is 2.04. The van der Waals surface area contributed by atoms with Crippen LogP contribution in [0, 0.1) is 0 Å². The van der Waals surface area contributed by atoms with Crippen LogP contribution in [0.2, 0.25) is 10.2 Å². The average molecular weight is 350 g/mol. The van der Waals surface area contributed by atoms with Crippen LogP contribution in [0.3, 0.4) is 0 Å². The minimum atomic E-state index is 0.418. The summed E-state index contributed by atoms with van der Waals surface area (Å²) in [5, 5.41) is 1.99. The number of thioether (sulfide) groups is 1. The van der Waals surface area contributed by atoms with Gasteiger partial charge in [0.05, 0.1) is 4.47 Å². The van der Waals surface area contributed by atoms with Crippen molar-refractivity contribution in [2.75, 3.05) is 0 Å². The first-order chi connectivity index (χ1) is 8.18. The fourth-order valence-corrected chi connectivity index (χ4v) is 3.10. The summed E-state index contributed by atoms with van der Waals surface area (Å²) in [5.74, 6) is 0.742. The number of rotatable bonds is 3. The van der Waals surface area contributed by atoms with Gasteiger partial charge in [0.15, 0.2) is 0 Å². The van der Waals surface area contributed by atoms with E-state index >= 15 is 0 Å². The van der Waals surface area contributed by atoms with E-state index in [0.717, 1.165) is 25.8 Å². The summed E-state index contributed by atoms with van der Waals surface area (Å²) in [6.45, 7) is 0. The van der Waals surface area contributed by atoms with E-state index < -0.39 is 0 Å². The average Bonchev–Trinajstić information content (AvgIpc) is 2.33. The lowest BCUT2D eigenvalue weighted by molar-refractivity contribution is 1.02. The molecule has 6 heteroatoms. The molecule has 88 valence electrons. The van der Waals surface area contributed by atoms with Gasteiger partial charge in [-0.15, -0.1) is 11.8 Å². The van der Waals surface area contributed by atoms with Crippen LogP contribution in [0.1, 0.15) is 5.56 Å². The lowest BCUT2D eigenvalue weighted by Gasteiger charge is -2.05. The Hall–Kier alpha value is -0.290. The highest BCUT2D eigenvalue weighted by molar-refractivity contribution is 9.10. The number of benzene rings is 1. The zero-order valence-electron chi connectivity index (χ0n) is 8.53. The number of aromatic nitrogens is 2. The molecule has 0 radical (unpaired) electrons. The highest BCUT2D eigenvalue weighted by Crippen LogP contribution is 2.32. The second-order valence-corrected chi connectivity index (χ2v) is 5.69. The first-order valence-corrected chi connectivity index (χ1v) is 7.24. The monoisotopic (exact) mass is 348 g/mol. The summed E-state index contributed by atoms with van der Waals surface area (Å²) < 4.78 is 0.721. The van der Waals surface area contributed by atoms with E-state index in [1.807, 2.05) is 24.3 Å². The standard InChI is InChI=1S/C11H7BrCl2N2S/c12-9-10(14)15-6-16-11(9)17-5-7-3-1-2-4-8(7)13/h1-4,6H,5H2. The third-order valence-corrected chi connectivity index (χ3v) is 4.97. The Morgan fingerprint density at radius 2 is 1.94 bits per heavy atom. The molecule has 0 aliphatic rings. The Balaban J connectivity index is 2.13. The zero-order chi connectivity index (χ0) is 12.3. The van der Waals surface area contributed by atoms with E-state index in [1.165, 1.54) is 6.33 Å². The maximum absolute atomic E-state index is 6.08. The Bertz CT molecular complexity index is 537. The molecule has 0 aliphatic carbocycles. The quantitative estimate of drug-likeness (QED) is 0.585. The van der Waals surface area contributed by atoms with E-state index in [0.29, 0.717) is 5.15 Å². The molecule has 1 aromatic carbocycles. The van der Waals surface area contributed by atoms with Crippen molar-refractivity contribution < 1.29 is 0 Å². The molecule has 0 saturated heterocycles. The summed E-state index contributed by atoms with van der Waals surface area (Å²) >= 11 is 16.9. The van der Waals surface area contributed by atoms with Crippen molar-refractivity contribution in [3.8, 4) is 0 Å². The lowest BCUT2D eigenvalue weighted by atomic mass is 10.2. The molecule has 2 aromatic rings. The molecule has 0 fully saturated rings. The van der Waals surface area contributed by atoms with Gasteiger partial charge in [-0.05, 0) is 27.6 Å². The first kappa shape index (κ1) is 13.1. The molecule has 0 unspecified atom stereocenters. The Morgan fingerprint density at radius 1 is 1.18 bits per heavy atom. The van der Waals surface area contributed by atoms with Gasteiger partial charge in [0.1, 0.15) is 16.5 Å². The van der Waals surface area contributed by atoms with Crippen molar-refractivity contribution in [2.24, 2.45) is 0 Å². The molecule has 1 aromatic heterocycles. The van der Waals surface area contributed by atoms with Crippen molar-refractivity contribution in [1.82, 2.24) is 9.97 Å². The van der Waals surface area contributed by atoms with Gasteiger partial charge in [0.25, 0.3) is 0 Å². The Morgan fingerprint density at radius 3 is 2.71 bits per heavy atom. The normalized spacial score (nSPS) is 10.5. The molecule has 17 heavy (non-hydrogen) atoms.